The van der Waals surface area contributed by atoms with E-state index in [2.05, 4.69) is 44.7 Å². The number of hydrogen-bond donors (Lipinski definition) is 2. The SMILES string of the molecule is CC(C)C[C@H]1C2Cc3c(-c4nn[nH]n4)n[nH]c3[C@H]21. The molecule has 94 valence electrons. The van der Waals surface area contributed by atoms with Crippen LogP contribution in [0, 0.1) is 17.8 Å². The molecule has 0 bridgehead atoms. The van der Waals surface area contributed by atoms with Crippen LogP contribution in [0.15, 0.2) is 0 Å². The number of nitrogens with one attached hydrogen (secondary N) is 2. The summed E-state index contributed by atoms with van der Waals surface area (Å²) in [7, 11) is 0. The molecule has 0 spiro atoms. The van der Waals surface area contributed by atoms with E-state index in [1.807, 2.05) is 0 Å². The van der Waals surface area contributed by atoms with Gasteiger partial charge in [0, 0.05) is 17.2 Å². The molecule has 0 amide bonds. The van der Waals surface area contributed by atoms with Crippen molar-refractivity contribution in [2.45, 2.75) is 32.6 Å². The Hall–Kier alpha value is -1.72. The van der Waals surface area contributed by atoms with Gasteiger partial charge >= 0.3 is 0 Å². The maximum Gasteiger partial charge on any atom is 0.225 e. The molecular weight excluding hydrogens is 228 g/mol. The zero-order valence-electron chi connectivity index (χ0n) is 10.5. The van der Waals surface area contributed by atoms with Crippen LogP contribution in [0.2, 0.25) is 0 Å². The maximum atomic E-state index is 4.36. The van der Waals surface area contributed by atoms with Crippen LogP contribution in [0.25, 0.3) is 11.5 Å². The van der Waals surface area contributed by atoms with Crippen molar-refractivity contribution in [1.29, 1.82) is 0 Å². The van der Waals surface area contributed by atoms with Gasteiger partial charge in [-0.15, -0.1) is 10.2 Å². The molecule has 1 fully saturated rings. The first-order chi connectivity index (χ1) is 8.75. The monoisotopic (exact) mass is 244 g/mol. The largest absolute Gasteiger partial charge is 0.281 e. The highest BCUT2D eigenvalue weighted by atomic mass is 15.5. The number of nitrogens with zero attached hydrogens (tertiary/aromatic N) is 4. The molecule has 18 heavy (non-hydrogen) atoms. The maximum absolute atomic E-state index is 4.36. The Morgan fingerprint density at radius 1 is 1.33 bits per heavy atom. The summed E-state index contributed by atoms with van der Waals surface area (Å²) < 4.78 is 0. The van der Waals surface area contributed by atoms with Gasteiger partial charge in [0.05, 0.1) is 0 Å². The van der Waals surface area contributed by atoms with E-state index in [1.54, 1.807) is 0 Å². The minimum Gasteiger partial charge on any atom is -0.281 e. The van der Waals surface area contributed by atoms with Crippen molar-refractivity contribution in [3.63, 3.8) is 0 Å². The van der Waals surface area contributed by atoms with Crippen LogP contribution in [0.1, 0.15) is 37.4 Å². The second-order valence-electron chi connectivity index (χ2n) is 5.89. The average molecular weight is 244 g/mol. The molecule has 2 aliphatic rings. The molecule has 6 heteroatoms. The number of H-pyrrole nitrogens is 2. The molecule has 6 nitrogen and oxygen atoms in total. The molecule has 0 radical (unpaired) electrons. The van der Waals surface area contributed by atoms with Gasteiger partial charge < -0.3 is 0 Å². The van der Waals surface area contributed by atoms with E-state index in [-0.39, 0.29) is 0 Å². The molecule has 2 aliphatic carbocycles. The number of tetrazole rings is 1. The molecule has 1 unspecified atom stereocenters. The first kappa shape index (κ1) is 10.2. The summed E-state index contributed by atoms with van der Waals surface area (Å²) in [4.78, 5) is 0. The first-order valence-corrected chi connectivity index (χ1v) is 6.56. The molecule has 2 heterocycles. The lowest BCUT2D eigenvalue weighted by Crippen LogP contribution is -1.98. The molecule has 0 aliphatic heterocycles. The number of hydrogen-bond acceptors (Lipinski definition) is 4. The van der Waals surface area contributed by atoms with Gasteiger partial charge in [0.1, 0.15) is 5.69 Å². The van der Waals surface area contributed by atoms with Crippen molar-refractivity contribution in [2.75, 3.05) is 0 Å². The van der Waals surface area contributed by atoms with Crippen LogP contribution in [-0.4, -0.2) is 30.8 Å². The molecule has 1 saturated carbocycles. The van der Waals surface area contributed by atoms with Crippen molar-refractivity contribution in [2.24, 2.45) is 17.8 Å². The predicted octanol–water partition coefficient (Wildman–Crippen LogP) is 1.52. The van der Waals surface area contributed by atoms with E-state index < -0.39 is 0 Å². The zero-order valence-corrected chi connectivity index (χ0v) is 10.5. The van der Waals surface area contributed by atoms with Gasteiger partial charge in [-0.25, -0.2) is 0 Å². The Balaban J connectivity index is 1.63. The molecule has 2 aromatic rings. The third-order valence-corrected chi connectivity index (χ3v) is 4.30. The van der Waals surface area contributed by atoms with Gasteiger partial charge in [-0.1, -0.05) is 13.8 Å². The summed E-state index contributed by atoms with van der Waals surface area (Å²) in [6.45, 7) is 4.60. The topological polar surface area (TPSA) is 83.1 Å². The van der Waals surface area contributed by atoms with Crippen molar-refractivity contribution < 1.29 is 0 Å². The van der Waals surface area contributed by atoms with Gasteiger partial charge in [-0.05, 0) is 35.8 Å². The third kappa shape index (κ3) is 1.28. The summed E-state index contributed by atoms with van der Waals surface area (Å²) in [5.74, 6) is 3.77. The number of fused-ring (bicyclic) bond motifs is 3. The fraction of sp³-hybridized carbons (Fsp3) is 0.667. The van der Waals surface area contributed by atoms with E-state index in [9.17, 15) is 0 Å². The second kappa shape index (κ2) is 3.40. The Morgan fingerprint density at radius 3 is 2.94 bits per heavy atom. The fourth-order valence-electron chi connectivity index (χ4n) is 3.56. The zero-order chi connectivity index (χ0) is 12.3. The third-order valence-electron chi connectivity index (χ3n) is 4.30. The molecule has 2 aromatic heterocycles. The van der Waals surface area contributed by atoms with Crippen LogP contribution < -0.4 is 0 Å². The lowest BCUT2D eigenvalue weighted by atomic mass is 9.99. The average Bonchev–Trinajstić information content (AvgIpc) is 2.83. The summed E-state index contributed by atoms with van der Waals surface area (Å²) in [6, 6.07) is 0. The smallest absolute Gasteiger partial charge is 0.225 e. The van der Waals surface area contributed by atoms with Crippen LogP contribution in [0.5, 0.6) is 0 Å². The highest BCUT2D eigenvalue weighted by Gasteiger charge is 2.57. The first-order valence-electron chi connectivity index (χ1n) is 6.56. The normalized spacial score (nSPS) is 28.5. The van der Waals surface area contributed by atoms with Gasteiger partial charge in [-0.3, -0.25) is 5.10 Å². The van der Waals surface area contributed by atoms with Crippen LogP contribution in [0.4, 0.5) is 0 Å². The molecule has 0 saturated heterocycles. The standard InChI is InChI=1S/C12H16N6/c1-5(2)3-6-7-4-8-10(9(6)7)13-14-11(8)12-15-17-18-16-12/h5-7,9H,3-4H2,1-2H3,(H,13,14)(H,15,16,17,18)/t6-,7?,9-/m0/s1. The highest BCUT2D eigenvalue weighted by molar-refractivity contribution is 5.59. The van der Waals surface area contributed by atoms with E-state index in [4.69, 9.17) is 0 Å². The summed E-state index contributed by atoms with van der Waals surface area (Å²) >= 11 is 0. The Labute approximate surface area is 105 Å². The summed E-state index contributed by atoms with van der Waals surface area (Å²) in [5, 5.41) is 21.7. The minimum absolute atomic E-state index is 0.606. The van der Waals surface area contributed by atoms with Crippen LogP contribution >= 0.6 is 0 Å². The van der Waals surface area contributed by atoms with Crippen LogP contribution in [0.3, 0.4) is 0 Å². The Morgan fingerprint density at radius 2 is 2.22 bits per heavy atom. The van der Waals surface area contributed by atoms with E-state index in [0.29, 0.717) is 11.7 Å². The van der Waals surface area contributed by atoms with Gasteiger partial charge in [0.25, 0.3) is 0 Å². The second-order valence-corrected chi connectivity index (χ2v) is 5.89. The Bertz CT molecular complexity index is 569. The number of aromatic amines is 2. The molecule has 2 N–H and O–H groups in total. The van der Waals surface area contributed by atoms with E-state index in [1.165, 1.54) is 17.7 Å². The quantitative estimate of drug-likeness (QED) is 0.857. The number of rotatable bonds is 3. The van der Waals surface area contributed by atoms with E-state index >= 15 is 0 Å². The molecular formula is C12H16N6. The summed E-state index contributed by atoms with van der Waals surface area (Å²) in [6.07, 6.45) is 2.45. The van der Waals surface area contributed by atoms with Crippen molar-refractivity contribution in [3.05, 3.63) is 11.3 Å². The van der Waals surface area contributed by atoms with Crippen molar-refractivity contribution >= 4 is 0 Å². The Kier molecular flexibility index (Phi) is 1.93. The molecule has 0 aromatic carbocycles. The number of aromatic nitrogens is 6. The minimum atomic E-state index is 0.606. The van der Waals surface area contributed by atoms with Gasteiger partial charge in [0.15, 0.2) is 0 Å². The fourth-order valence-corrected chi connectivity index (χ4v) is 3.56. The lowest BCUT2D eigenvalue weighted by molar-refractivity contribution is 0.503. The van der Waals surface area contributed by atoms with Gasteiger partial charge in [-0.2, -0.15) is 10.3 Å². The summed E-state index contributed by atoms with van der Waals surface area (Å²) in [5.41, 5.74) is 3.52. The predicted molar refractivity (Wildman–Crippen MR) is 64.6 cm³/mol. The highest BCUT2D eigenvalue weighted by Crippen LogP contribution is 2.63. The lowest BCUT2D eigenvalue weighted by Gasteiger charge is -2.06. The van der Waals surface area contributed by atoms with Crippen LogP contribution in [-0.2, 0) is 6.42 Å². The van der Waals surface area contributed by atoms with E-state index in [0.717, 1.165) is 29.9 Å². The van der Waals surface area contributed by atoms with Crippen molar-refractivity contribution in [1.82, 2.24) is 30.8 Å². The van der Waals surface area contributed by atoms with Crippen molar-refractivity contribution in [3.8, 4) is 11.5 Å². The molecule has 3 atom stereocenters. The van der Waals surface area contributed by atoms with Gasteiger partial charge in [0.2, 0.25) is 5.82 Å². The molecule has 4 rings (SSSR count).